The lowest BCUT2D eigenvalue weighted by Gasteiger charge is -2.18. The Morgan fingerprint density at radius 2 is 0.582 bits per heavy atom. The number of rotatable bonds is 50. The van der Waals surface area contributed by atoms with Crippen LogP contribution >= 0.6 is 0 Å². The van der Waals surface area contributed by atoms with E-state index in [0.29, 0.717) is 19.3 Å². The zero-order chi connectivity index (χ0) is 48.6. The maximum Gasteiger partial charge on any atom is 0.306 e. The quantitative estimate of drug-likeness (QED) is 0.0262. The molecule has 0 spiro atoms. The summed E-state index contributed by atoms with van der Waals surface area (Å²) in [6.45, 7) is 6.40. The number of hydrogen-bond donors (Lipinski definition) is 0. The van der Waals surface area contributed by atoms with Crippen molar-refractivity contribution >= 4 is 17.9 Å². The lowest BCUT2D eigenvalue weighted by molar-refractivity contribution is -0.167. The largest absolute Gasteiger partial charge is 0.462 e. The average molecular weight is 933 g/mol. The number of carbonyl (C=O) groups is 3. The maximum absolute atomic E-state index is 12.8. The first-order chi connectivity index (χ1) is 33.0. The molecule has 0 fully saturated rings. The van der Waals surface area contributed by atoms with Crippen molar-refractivity contribution < 1.29 is 28.6 Å². The van der Waals surface area contributed by atoms with Crippen LogP contribution in [-0.2, 0) is 28.6 Å². The van der Waals surface area contributed by atoms with Gasteiger partial charge in [-0.2, -0.15) is 0 Å². The lowest BCUT2D eigenvalue weighted by atomic mass is 10.0. The summed E-state index contributed by atoms with van der Waals surface area (Å²) in [6.07, 6.45) is 71.4. The normalized spacial score (nSPS) is 12.7. The fourth-order valence-corrected chi connectivity index (χ4v) is 7.74. The molecule has 0 amide bonds. The van der Waals surface area contributed by atoms with Crippen molar-refractivity contribution in [1.82, 2.24) is 0 Å². The second kappa shape index (κ2) is 55.2. The molecule has 0 radical (unpaired) electrons. The molecule has 0 heterocycles. The molecule has 6 nitrogen and oxygen atoms in total. The summed E-state index contributed by atoms with van der Waals surface area (Å²) in [5, 5.41) is 0. The highest BCUT2D eigenvalue weighted by molar-refractivity contribution is 5.71. The highest BCUT2D eigenvalue weighted by Gasteiger charge is 2.19. The third-order valence-electron chi connectivity index (χ3n) is 11.9. The van der Waals surface area contributed by atoms with E-state index in [1.54, 1.807) is 0 Å². The van der Waals surface area contributed by atoms with Crippen molar-refractivity contribution in [3.8, 4) is 0 Å². The van der Waals surface area contributed by atoms with Crippen LogP contribution in [0.15, 0.2) is 85.1 Å². The van der Waals surface area contributed by atoms with Gasteiger partial charge in [0.15, 0.2) is 6.10 Å². The van der Waals surface area contributed by atoms with Crippen LogP contribution in [0.5, 0.6) is 0 Å². The van der Waals surface area contributed by atoms with Gasteiger partial charge in [-0.3, -0.25) is 14.4 Å². The van der Waals surface area contributed by atoms with Gasteiger partial charge in [0.25, 0.3) is 0 Å². The summed E-state index contributed by atoms with van der Waals surface area (Å²) in [5.41, 5.74) is 0. The van der Waals surface area contributed by atoms with Crippen LogP contribution in [0.4, 0.5) is 0 Å². The molecule has 0 saturated heterocycles. The molecular formula is C61H104O6. The monoisotopic (exact) mass is 933 g/mol. The second-order valence-electron chi connectivity index (χ2n) is 18.4. The van der Waals surface area contributed by atoms with Crippen LogP contribution in [0.25, 0.3) is 0 Å². The predicted octanol–water partition coefficient (Wildman–Crippen LogP) is 18.8. The molecule has 0 saturated carbocycles. The number of allylic oxidation sites excluding steroid dienone is 14. The van der Waals surface area contributed by atoms with E-state index >= 15 is 0 Å². The minimum absolute atomic E-state index is 0.0899. The maximum atomic E-state index is 12.8. The molecule has 0 bridgehead atoms. The van der Waals surface area contributed by atoms with Crippen molar-refractivity contribution in [3.63, 3.8) is 0 Å². The number of carbonyl (C=O) groups excluding carboxylic acids is 3. The van der Waals surface area contributed by atoms with Gasteiger partial charge in [0, 0.05) is 19.3 Å². The number of ether oxygens (including phenoxy) is 3. The van der Waals surface area contributed by atoms with Crippen molar-refractivity contribution in [2.45, 2.75) is 271 Å². The summed E-state index contributed by atoms with van der Waals surface area (Å²) in [7, 11) is 0. The molecular weight excluding hydrogens is 829 g/mol. The van der Waals surface area contributed by atoms with Crippen molar-refractivity contribution in [3.05, 3.63) is 85.1 Å². The Morgan fingerprint density at radius 1 is 0.313 bits per heavy atom. The van der Waals surface area contributed by atoms with Crippen LogP contribution in [0.2, 0.25) is 0 Å². The minimum atomic E-state index is -0.792. The molecule has 0 aliphatic heterocycles. The molecule has 0 aliphatic rings. The Morgan fingerprint density at radius 3 is 0.925 bits per heavy atom. The molecule has 384 valence electrons. The van der Waals surface area contributed by atoms with E-state index in [-0.39, 0.29) is 31.1 Å². The van der Waals surface area contributed by atoms with Crippen LogP contribution in [-0.4, -0.2) is 37.2 Å². The van der Waals surface area contributed by atoms with Gasteiger partial charge in [0.05, 0.1) is 0 Å². The van der Waals surface area contributed by atoms with Gasteiger partial charge in [-0.25, -0.2) is 0 Å². The minimum Gasteiger partial charge on any atom is -0.462 e. The molecule has 1 unspecified atom stereocenters. The first kappa shape index (κ1) is 63.6. The highest BCUT2D eigenvalue weighted by atomic mass is 16.6. The third kappa shape index (κ3) is 53.4. The first-order valence-electron chi connectivity index (χ1n) is 28.1. The molecule has 67 heavy (non-hydrogen) atoms. The number of unbranched alkanes of at least 4 members (excludes halogenated alkanes) is 25. The van der Waals surface area contributed by atoms with E-state index in [9.17, 15) is 14.4 Å². The molecule has 0 aromatic rings. The fourth-order valence-electron chi connectivity index (χ4n) is 7.74. The molecule has 0 aromatic carbocycles. The summed E-state index contributed by atoms with van der Waals surface area (Å²) < 4.78 is 16.8. The van der Waals surface area contributed by atoms with Crippen LogP contribution in [0, 0.1) is 0 Å². The molecule has 0 N–H and O–H groups in total. The Balaban J connectivity index is 4.43. The van der Waals surface area contributed by atoms with Gasteiger partial charge >= 0.3 is 17.9 Å². The SMILES string of the molecule is CC/C=C\C/C=C\C/C=C\C/C=C\C/C=C\CCCCCC(=O)OCC(COC(=O)CCCCCCCCC/C=C\C/C=C\CC)OC(=O)CCCCCCCCCCCCCCCCCC. The summed E-state index contributed by atoms with van der Waals surface area (Å²) in [5.74, 6) is -0.924. The molecule has 0 aliphatic carbocycles. The van der Waals surface area contributed by atoms with Crippen LogP contribution in [0.3, 0.4) is 0 Å². The Hall–Kier alpha value is -3.41. The summed E-state index contributed by atoms with van der Waals surface area (Å²) in [4.78, 5) is 38.1. The van der Waals surface area contributed by atoms with E-state index in [1.165, 1.54) is 109 Å². The van der Waals surface area contributed by atoms with Crippen molar-refractivity contribution in [2.24, 2.45) is 0 Å². The zero-order valence-corrected chi connectivity index (χ0v) is 43.9. The topological polar surface area (TPSA) is 78.9 Å². The van der Waals surface area contributed by atoms with Gasteiger partial charge < -0.3 is 14.2 Å². The summed E-state index contributed by atoms with van der Waals surface area (Å²) >= 11 is 0. The standard InChI is InChI=1S/C61H104O6/c1-4-7-10-13-16-19-22-25-28-30-31-32-34-36-39-42-45-48-51-54-60(63)66-57-58(56-65-59(62)53-50-47-44-41-38-35-27-24-21-18-15-12-9-6-3)67-61(64)55-52-49-46-43-40-37-33-29-26-23-20-17-14-11-8-5-2/h7,9-10,12,16,18-19,21,25,28,31-32,36,39,58H,4-6,8,11,13-15,17,20,22-24,26-27,29-30,33-35,37-38,40-57H2,1-3H3/b10-7-,12-9-,19-16-,21-18-,28-25-,32-31-,39-36-. The van der Waals surface area contributed by atoms with Gasteiger partial charge in [0.1, 0.15) is 13.2 Å². The zero-order valence-electron chi connectivity index (χ0n) is 43.9. The smallest absolute Gasteiger partial charge is 0.306 e. The highest BCUT2D eigenvalue weighted by Crippen LogP contribution is 2.16. The fraction of sp³-hybridized carbons (Fsp3) is 0.721. The molecule has 0 rings (SSSR count). The van der Waals surface area contributed by atoms with E-state index in [4.69, 9.17) is 14.2 Å². The van der Waals surface area contributed by atoms with Gasteiger partial charge in [-0.1, -0.05) is 241 Å². The van der Waals surface area contributed by atoms with Crippen LogP contribution in [0.1, 0.15) is 265 Å². The predicted molar refractivity (Wildman–Crippen MR) is 288 cm³/mol. The van der Waals surface area contributed by atoms with E-state index in [1.807, 2.05) is 0 Å². The van der Waals surface area contributed by atoms with Gasteiger partial charge in [-0.05, 0) is 89.9 Å². The van der Waals surface area contributed by atoms with E-state index in [2.05, 4.69) is 106 Å². The molecule has 1 atom stereocenters. The first-order valence-corrected chi connectivity index (χ1v) is 28.1. The Labute approximate surface area is 414 Å². The average Bonchev–Trinajstić information content (AvgIpc) is 3.33. The van der Waals surface area contributed by atoms with Gasteiger partial charge in [0.2, 0.25) is 0 Å². The van der Waals surface area contributed by atoms with Gasteiger partial charge in [-0.15, -0.1) is 0 Å². The number of hydrogen-bond acceptors (Lipinski definition) is 6. The summed E-state index contributed by atoms with van der Waals surface area (Å²) in [6, 6.07) is 0. The van der Waals surface area contributed by atoms with Crippen molar-refractivity contribution in [1.29, 1.82) is 0 Å². The van der Waals surface area contributed by atoms with Crippen LogP contribution < -0.4 is 0 Å². The van der Waals surface area contributed by atoms with E-state index in [0.717, 1.165) is 116 Å². The third-order valence-corrected chi connectivity index (χ3v) is 11.9. The van der Waals surface area contributed by atoms with E-state index < -0.39 is 6.10 Å². The Kier molecular flexibility index (Phi) is 52.4. The Bertz CT molecular complexity index is 1300. The number of esters is 3. The van der Waals surface area contributed by atoms with Crippen molar-refractivity contribution in [2.75, 3.05) is 13.2 Å². The molecule has 6 heteroatoms. The molecule has 0 aromatic heterocycles. The lowest BCUT2D eigenvalue weighted by Crippen LogP contribution is -2.30. The second-order valence-corrected chi connectivity index (χ2v) is 18.4.